The quantitative estimate of drug-likeness (QED) is 0.366. The summed E-state index contributed by atoms with van der Waals surface area (Å²) in [6.07, 6.45) is 2.28. The minimum atomic E-state index is 0. The molecule has 0 radical (unpaired) electrons. The van der Waals surface area contributed by atoms with Gasteiger partial charge in [0.2, 0.25) is 0 Å². The zero-order valence-electron chi connectivity index (χ0n) is 16.9. The molecule has 5 nitrogen and oxygen atoms in total. The Labute approximate surface area is 186 Å². The molecule has 3 rings (SSSR count). The predicted molar refractivity (Wildman–Crippen MR) is 127 cm³/mol. The fraction of sp³-hybridized carbons (Fsp3) is 0.455. The second-order valence-corrected chi connectivity index (χ2v) is 7.15. The topological polar surface area (TPSA) is 52.6 Å². The number of hydrogen-bond donors (Lipinski definition) is 2. The van der Waals surface area contributed by atoms with Gasteiger partial charge in [0.25, 0.3) is 0 Å². The molecule has 0 unspecified atom stereocenters. The molecular formula is C22H32IN5. The first kappa shape index (κ1) is 22.6. The van der Waals surface area contributed by atoms with Gasteiger partial charge in [0.1, 0.15) is 0 Å². The molecule has 152 valence electrons. The molecule has 1 aliphatic heterocycles. The molecule has 6 heteroatoms. The Balaban J connectivity index is 0.00000280. The molecule has 28 heavy (non-hydrogen) atoms. The van der Waals surface area contributed by atoms with E-state index in [4.69, 9.17) is 4.99 Å². The van der Waals surface area contributed by atoms with Crippen molar-refractivity contribution in [3.05, 3.63) is 65.5 Å². The van der Waals surface area contributed by atoms with Crippen LogP contribution in [0.2, 0.25) is 0 Å². The van der Waals surface area contributed by atoms with E-state index in [9.17, 15) is 0 Å². The summed E-state index contributed by atoms with van der Waals surface area (Å²) in [6.45, 7) is 8.85. The van der Waals surface area contributed by atoms with Crippen LogP contribution in [-0.2, 0) is 13.1 Å². The molecule has 0 bridgehead atoms. The Kier molecular flexibility index (Phi) is 9.70. The van der Waals surface area contributed by atoms with Gasteiger partial charge in [0, 0.05) is 37.9 Å². The summed E-state index contributed by atoms with van der Waals surface area (Å²) in [4.78, 5) is 11.8. The summed E-state index contributed by atoms with van der Waals surface area (Å²) < 4.78 is 0. The highest BCUT2D eigenvalue weighted by Crippen LogP contribution is 2.14. The van der Waals surface area contributed by atoms with E-state index in [1.165, 1.54) is 5.56 Å². The molecule has 1 aromatic heterocycles. The smallest absolute Gasteiger partial charge is 0.191 e. The summed E-state index contributed by atoms with van der Waals surface area (Å²) in [5.74, 6) is 0.891. The molecule has 0 saturated carbocycles. The van der Waals surface area contributed by atoms with Gasteiger partial charge in [-0.3, -0.25) is 9.88 Å². The van der Waals surface area contributed by atoms with E-state index in [-0.39, 0.29) is 24.0 Å². The van der Waals surface area contributed by atoms with E-state index in [1.807, 2.05) is 25.1 Å². The van der Waals surface area contributed by atoms with Crippen molar-refractivity contribution in [3.8, 4) is 0 Å². The fourth-order valence-electron chi connectivity index (χ4n) is 3.44. The lowest BCUT2D eigenvalue weighted by Gasteiger charge is -2.33. The highest BCUT2D eigenvalue weighted by molar-refractivity contribution is 14.0. The highest BCUT2D eigenvalue weighted by Gasteiger charge is 2.20. The molecule has 1 saturated heterocycles. The lowest BCUT2D eigenvalue weighted by molar-refractivity contribution is 0.198. The van der Waals surface area contributed by atoms with Crippen molar-refractivity contribution in [2.75, 3.05) is 19.6 Å². The molecule has 2 heterocycles. The van der Waals surface area contributed by atoms with Crippen molar-refractivity contribution in [1.82, 2.24) is 20.5 Å². The zero-order valence-corrected chi connectivity index (χ0v) is 19.2. The molecule has 1 aliphatic rings. The third-order valence-electron chi connectivity index (χ3n) is 4.87. The molecular weight excluding hydrogens is 461 g/mol. The summed E-state index contributed by atoms with van der Waals surface area (Å²) in [7, 11) is 0. The Morgan fingerprint density at radius 3 is 2.54 bits per heavy atom. The molecule has 1 aromatic carbocycles. The number of guanidine groups is 1. The average Bonchev–Trinajstić information content (AvgIpc) is 2.69. The van der Waals surface area contributed by atoms with Gasteiger partial charge in [0.15, 0.2) is 5.96 Å². The van der Waals surface area contributed by atoms with E-state index in [1.54, 1.807) is 0 Å². The van der Waals surface area contributed by atoms with Gasteiger partial charge in [-0.25, -0.2) is 4.99 Å². The second kappa shape index (κ2) is 12.0. The van der Waals surface area contributed by atoms with Crippen molar-refractivity contribution < 1.29 is 0 Å². The van der Waals surface area contributed by atoms with Crippen molar-refractivity contribution in [1.29, 1.82) is 0 Å². The predicted octanol–water partition coefficient (Wildman–Crippen LogP) is 3.73. The molecule has 0 spiro atoms. The van der Waals surface area contributed by atoms with Crippen LogP contribution < -0.4 is 10.6 Å². The number of nitrogens with one attached hydrogen (secondary N) is 2. The maximum atomic E-state index is 4.72. The Morgan fingerprint density at radius 1 is 1.11 bits per heavy atom. The number of piperidine rings is 1. The van der Waals surface area contributed by atoms with Crippen LogP contribution in [0.25, 0.3) is 0 Å². The van der Waals surface area contributed by atoms with E-state index in [0.717, 1.165) is 56.4 Å². The first-order valence-corrected chi connectivity index (χ1v) is 9.96. The van der Waals surface area contributed by atoms with E-state index in [0.29, 0.717) is 12.6 Å². The highest BCUT2D eigenvalue weighted by atomic mass is 127. The van der Waals surface area contributed by atoms with Gasteiger partial charge < -0.3 is 10.6 Å². The third kappa shape index (κ3) is 7.39. The summed E-state index contributed by atoms with van der Waals surface area (Å²) >= 11 is 0. The van der Waals surface area contributed by atoms with Gasteiger partial charge >= 0.3 is 0 Å². The molecule has 1 fully saturated rings. The van der Waals surface area contributed by atoms with Crippen molar-refractivity contribution in [3.63, 3.8) is 0 Å². The number of halogens is 1. The van der Waals surface area contributed by atoms with Crippen molar-refractivity contribution in [2.45, 2.75) is 45.8 Å². The summed E-state index contributed by atoms with van der Waals surface area (Å²) in [5, 5.41) is 6.97. The second-order valence-electron chi connectivity index (χ2n) is 7.15. The average molecular weight is 493 g/mol. The van der Waals surface area contributed by atoms with Crippen LogP contribution in [0.4, 0.5) is 0 Å². The minimum absolute atomic E-state index is 0. The SMILES string of the molecule is CCNC(=NCc1cccc(C)n1)NC1CCN(Cc2ccccc2)CC1.I. The summed E-state index contributed by atoms with van der Waals surface area (Å²) in [5.41, 5.74) is 3.43. The number of nitrogens with zero attached hydrogens (tertiary/aromatic N) is 3. The first-order chi connectivity index (χ1) is 13.2. The van der Waals surface area contributed by atoms with Crippen LogP contribution >= 0.6 is 24.0 Å². The van der Waals surface area contributed by atoms with E-state index >= 15 is 0 Å². The van der Waals surface area contributed by atoms with Crippen LogP contribution in [0, 0.1) is 6.92 Å². The number of pyridine rings is 1. The monoisotopic (exact) mass is 493 g/mol. The maximum absolute atomic E-state index is 4.72. The van der Waals surface area contributed by atoms with Crippen LogP contribution in [0.15, 0.2) is 53.5 Å². The van der Waals surface area contributed by atoms with Crippen molar-refractivity contribution >= 4 is 29.9 Å². The van der Waals surface area contributed by atoms with E-state index < -0.39 is 0 Å². The first-order valence-electron chi connectivity index (χ1n) is 9.96. The van der Waals surface area contributed by atoms with Gasteiger partial charge in [-0.2, -0.15) is 0 Å². The number of likely N-dealkylation sites (tertiary alicyclic amines) is 1. The number of aliphatic imine (C=N–C) groups is 1. The van der Waals surface area contributed by atoms with Gasteiger partial charge in [0.05, 0.1) is 12.2 Å². The largest absolute Gasteiger partial charge is 0.357 e. The molecule has 2 aromatic rings. The number of hydrogen-bond acceptors (Lipinski definition) is 3. The van der Waals surface area contributed by atoms with E-state index in [2.05, 4.69) is 57.8 Å². The lowest BCUT2D eigenvalue weighted by Crippen LogP contribution is -2.48. The minimum Gasteiger partial charge on any atom is -0.357 e. The maximum Gasteiger partial charge on any atom is 0.191 e. The third-order valence-corrected chi connectivity index (χ3v) is 4.87. The van der Waals surface area contributed by atoms with Crippen LogP contribution in [-0.4, -0.2) is 41.5 Å². The Hall–Kier alpha value is -1.67. The Bertz CT molecular complexity index is 727. The normalized spacial score (nSPS) is 15.7. The lowest BCUT2D eigenvalue weighted by atomic mass is 10.0. The molecule has 2 N–H and O–H groups in total. The van der Waals surface area contributed by atoms with Gasteiger partial charge in [-0.1, -0.05) is 36.4 Å². The number of aromatic nitrogens is 1. The summed E-state index contributed by atoms with van der Waals surface area (Å²) in [6, 6.07) is 17.3. The molecule has 0 aliphatic carbocycles. The standard InChI is InChI=1S/C22H31N5.HI/c1-3-23-22(24-16-21-11-7-8-18(2)25-21)26-20-12-14-27(15-13-20)17-19-9-5-4-6-10-19;/h4-11,20H,3,12-17H2,1-2H3,(H2,23,24,26);1H. The number of benzene rings is 1. The fourth-order valence-corrected chi connectivity index (χ4v) is 3.44. The van der Waals surface area contributed by atoms with Gasteiger partial charge in [-0.15, -0.1) is 24.0 Å². The van der Waals surface area contributed by atoms with Gasteiger partial charge in [-0.05, 0) is 44.4 Å². The van der Waals surface area contributed by atoms with Crippen molar-refractivity contribution in [2.24, 2.45) is 4.99 Å². The van der Waals surface area contributed by atoms with Crippen LogP contribution in [0.1, 0.15) is 36.7 Å². The van der Waals surface area contributed by atoms with Crippen LogP contribution in [0.3, 0.4) is 0 Å². The number of rotatable bonds is 6. The zero-order chi connectivity index (χ0) is 18.9. The number of aryl methyl sites for hydroxylation is 1. The Morgan fingerprint density at radius 2 is 1.86 bits per heavy atom. The molecule has 0 amide bonds. The molecule has 0 atom stereocenters. The van der Waals surface area contributed by atoms with Crippen LogP contribution in [0.5, 0.6) is 0 Å².